The maximum absolute atomic E-state index is 12.7. The molecule has 142 valence electrons. The number of rotatable bonds is 5. The minimum atomic E-state index is -0.399. The number of nitrogens with zero attached hydrogens (tertiary/aromatic N) is 4. The van der Waals surface area contributed by atoms with Crippen LogP contribution in [-0.4, -0.2) is 32.8 Å². The third-order valence-electron chi connectivity index (χ3n) is 3.81. The molecule has 0 aliphatic rings. The van der Waals surface area contributed by atoms with E-state index in [0.29, 0.717) is 17.1 Å². The van der Waals surface area contributed by atoms with Gasteiger partial charge >= 0.3 is 5.97 Å². The molecule has 2 aromatic heterocycles. The van der Waals surface area contributed by atoms with Crippen molar-refractivity contribution in [1.29, 1.82) is 0 Å². The van der Waals surface area contributed by atoms with E-state index in [1.54, 1.807) is 28.4 Å². The lowest BCUT2D eigenvalue weighted by molar-refractivity contribution is -0.143. The molecule has 9 heteroatoms. The van der Waals surface area contributed by atoms with Crippen molar-refractivity contribution < 1.29 is 14.3 Å². The molecule has 0 N–H and O–H groups in total. The first-order chi connectivity index (χ1) is 12.9. The van der Waals surface area contributed by atoms with Gasteiger partial charge in [-0.1, -0.05) is 27.3 Å². The van der Waals surface area contributed by atoms with E-state index in [9.17, 15) is 9.59 Å². The van der Waals surface area contributed by atoms with Crippen molar-refractivity contribution in [2.24, 2.45) is 4.99 Å². The topological polar surface area (TPSA) is 78.5 Å². The highest BCUT2D eigenvalue weighted by Gasteiger charge is 2.16. The molecule has 0 saturated heterocycles. The van der Waals surface area contributed by atoms with Gasteiger partial charge in [-0.2, -0.15) is 10.1 Å². The second kappa shape index (κ2) is 8.18. The van der Waals surface area contributed by atoms with Gasteiger partial charge in [0.15, 0.2) is 4.80 Å². The first kappa shape index (κ1) is 19.5. The van der Waals surface area contributed by atoms with Crippen LogP contribution in [0.3, 0.4) is 0 Å². The van der Waals surface area contributed by atoms with E-state index in [4.69, 9.17) is 4.74 Å². The lowest BCUT2D eigenvalue weighted by Crippen LogP contribution is -2.23. The highest BCUT2D eigenvalue weighted by molar-refractivity contribution is 9.10. The molecule has 0 bridgehead atoms. The molecule has 0 atom stereocenters. The van der Waals surface area contributed by atoms with Crippen LogP contribution in [0.4, 0.5) is 0 Å². The summed E-state index contributed by atoms with van der Waals surface area (Å²) in [7, 11) is 0. The van der Waals surface area contributed by atoms with Crippen LogP contribution < -0.4 is 4.80 Å². The van der Waals surface area contributed by atoms with Gasteiger partial charge in [0.05, 0.1) is 16.8 Å². The summed E-state index contributed by atoms with van der Waals surface area (Å²) in [5, 5.41) is 4.18. The molecular weight excluding hydrogens is 432 g/mol. The van der Waals surface area contributed by atoms with E-state index in [-0.39, 0.29) is 18.6 Å². The Bertz CT molecular complexity index is 1060. The first-order valence-electron chi connectivity index (χ1n) is 8.47. The van der Waals surface area contributed by atoms with Crippen molar-refractivity contribution in [2.75, 3.05) is 6.61 Å². The standard InChI is InChI=1S/C18H19BrN4O3S/c1-4-26-16(24)10-22-13-6-5-12(19)9-15(13)27-18(22)21-17(25)14-7-8-20-23(14)11(2)3/h5-9,11H,4,10H2,1-3H3. The van der Waals surface area contributed by atoms with Gasteiger partial charge in [0, 0.05) is 16.7 Å². The van der Waals surface area contributed by atoms with Gasteiger partial charge in [-0.25, -0.2) is 0 Å². The first-order valence-corrected chi connectivity index (χ1v) is 10.1. The summed E-state index contributed by atoms with van der Waals surface area (Å²) in [4.78, 5) is 29.5. The van der Waals surface area contributed by atoms with Crippen LogP contribution in [0, 0.1) is 0 Å². The molecule has 7 nitrogen and oxygen atoms in total. The van der Waals surface area contributed by atoms with Gasteiger partial charge < -0.3 is 9.30 Å². The third-order valence-corrected chi connectivity index (χ3v) is 5.35. The monoisotopic (exact) mass is 450 g/mol. The lowest BCUT2D eigenvalue weighted by Gasteiger charge is -2.08. The number of hydrogen-bond donors (Lipinski definition) is 0. The van der Waals surface area contributed by atoms with Crippen LogP contribution in [0.25, 0.3) is 10.2 Å². The predicted molar refractivity (Wildman–Crippen MR) is 107 cm³/mol. The van der Waals surface area contributed by atoms with E-state index in [0.717, 1.165) is 14.7 Å². The molecule has 1 aromatic carbocycles. The van der Waals surface area contributed by atoms with Crippen LogP contribution >= 0.6 is 27.3 Å². The minimum Gasteiger partial charge on any atom is -0.465 e. The number of fused-ring (bicyclic) bond motifs is 1. The molecule has 0 saturated carbocycles. The average Bonchev–Trinajstić information content (AvgIpc) is 3.20. The quantitative estimate of drug-likeness (QED) is 0.556. The zero-order valence-corrected chi connectivity index (χ0v) is 17.6. The van der Waals surface area contributed by atoms with Crippen molar-refractivity contribution in [3.63, 3.8) is 0 Å². The number of halogens is 1. The molecule has 0 aliphatic carbocycles. The fourth-order valence-electron chi connectivity index (χ4n) is 2.66. The summed E-state index contributed by atoms with van der Waals surface area (Å²) >= 11 is 4.79. The summed E-state index contributed by atoms with van der Waals surface area (Å²) < 4.78 is 10.2. The van der Waals surface area contributed by atoms with E-state index in [2.05, 4.69) is 26.0 Å². The number of aromatic nitrogens is 3. The average molecular weight is 451 g/mol. The number of carbonyl (C=O) groups is 2. The normalized spacial score (nSPS) is 12.1. The summed E-state index contributed by atoms with van der Waals surface area (Å²) in [5.41, 5.74) is 1.23. The number of hydrogen-bond acceptors (Lipinski definition) is 5. The van der Waals surface area contributed by atoms with E-state index in [1.165, 1.54) is 11.3 Å². The van der Waals surface area contributed by atoms with Crippen molar-refractivity contribution in [3.05, 3.63) is 45.4 Å². The van der Waals surface area contributed by atoms with Crippen LogP contribution in [0.15, 0.2) is 39.9 Å². The summed E-state index contributed by atoms with van der Waals surface area (Å²) in [6.45, 7) is 5.94. The molecule has 0 aliphatic heterocycles. The lowest BCUT2D eigenvalue weighted by atomic mass is 10.3. The van der Waals surface area contributed by atoms with Crippen LogP contribution in [-0.2, 0) is 16.1 Å². The zero-order valence-electron chi connectivity index (χ0n) is 15.2. The second-order valence-electron chi connectivity index (χ2n) is 6.06. The third kappa shape index (κ3) is 4.19. The Morgan fingerprint density at radius 2 is 2.11 bits per heavy atom. The van der Waals surface area contributed by atoms with Crippen LogP contribution in [0.1, 0.15) is 37.3 Å². The Labute approximate surface area is 168 Å². The Balaban J connectivity index is 2.11. The summed E-state index contributed by atoms with van der Waals surface area (Å²) in [5.74, 6) is -0.773. The molecular formula is C18H19BrN4O3S. The predicted octanol–water partition coefficient (Wildman–Crippen LogP) is 3.55. The van der Waals surface area contributed by atoms with Crippen LogP contribution in [0.5, 0.6) is 0 Å². The highest BCUT2D eigenvalue weighted by Crippen LogP contribution is 2.22. The number of ether oxygens (including phenoxy) is 1. The summed E-state index contributed by atoms with van der Waals surface area (Å²) in [6, 6.07) is 7.39. The number of amides is 1. The van der Waals surface area contributed by atoms with Gasteiger partial charge in [0.1, 0.15) is 12.2 Å². The van der Waals surface area contributed by atoms with Crippen molar-refractivity contribution in [2.45, 2.75) is 33.4 Å². The molecule has 0 unspecified atom stereocenters. The Hall–Kier alpha value is -2.26. The smallest absolute Gasteiger partial charge is 0.326 e. The maximum Gasteiger partial charge on any atom is 0.326 e. The van der Waals surface area contributed by atoms with Crippen molar-refractivity contribution in [3.8, 4) is 0 Å². The molecule has 3 rings (SSSR count). The van der Waals surface area contributed by atoms with Crippen molar-refractivity contribution in [1.82, 2.24) is 14.3 Å². The Morgan fingerprint density at radius 1 is 1.33 bits per heavy atom. The van der Waals surface area contributed by atoms with E-state index < -0.39 is 5.91 Å². The fraction of sp³-hybridized carbons (Fsp3) is 0.333. The number of esters is 1. The number of carbonyl (C=O) groups excluding carboxylic acids is 2. The van der Waals surface area contributed by atoms with E-state index >= 15 is 0 Å². The van der Waals surface area contributed by atoms with Gasteiger partial charge in [-0.3, -0.25) is 14.3 Å². The molecule has 0 radical (unpaired) electrons. The zero-order chi connectivity index (χ0) is 19.6. The van der Waals surface area contributed by atoms with Crippen molar-refractivity contribution >= 4 is 49.4 Å². The summed E-state index contributed by atoms with van der Waals surface area (Å²) in [6.07, 6.45) is 1.58. The molecule has 3 aromatic rings. The molecule has 1 amide bonds. The number of benzene rings is 1. The highest BCUT2D eigenvalue weighted by atomic mass is 79.9. The molecule has 2 heterocycles. The largest absolute Gasteiger partial charge is 0.465 e. The van der Waals surface area contributed by atoms with Gasteiger partial charge in [0.2, 0.25) is 0 Å². The van der Waals surface area contributed by atoms with Crippen LogP contribution in [0.2, 0.25) is 0 Å². The SMILES string of the molecule is CCOC(=O)Cn1c(=NC(=O)c2ccnn2C(C)C)sc2cc(Br)ccc21. The second-order valence-corrected chi connectivity index (χ2v) is 7.98. The maximum atomic E-state index is 12.7. The Kier molecular flexibility index (Phi) is 5.91. The molecule has 27 heavy (non-hydrogen) atoms. The number of thiazole rings is 1. The molecule has 0 spiro atoms. The minimum absolute atomic E-state index is 0.00890. The molecule has 0 fully saturated rings. The Morgan fingerprint density at radius 3 is 2.81 bits per heavy atom. The van der Waals surface area contributed by atoms with Gasteiger partial charge in [-0.15, -0.1) is 0 Å². The van der Waals surface area contributed by atoms with Gasteiger partial charge in [-0.05, 0) is 45.0 Å². The van der Waals surface area contributed by atoms with Gasteiger partial charge in [0.25, 0.3) is 5.91 Å². The van der Waals surface area contributed by atoms with E-state index in [1.807, 2.05) is 32.0 Å². The fourth-order valence-corrected chi connectivity index (χ4v) is 4.24.